The molecular formula is C22H31NO4. The smallest absolute Gasteiger partial charge is 0.190 e. The van der Waals surface area contributed by atoms with Gasteiger partial charge in [0.2, 0.25) is 0 Å². The van der Waals surface area contributed by atoms with Gasteiger partial charge in [-0.3, -0.25) is 9.79 Å². The first kappa shape index (κ1) is 19.0. The van der Waals surface area contributed by atoms with Gasteiger partial charge >= 0.3 is 0 Å². The van der Waals surface area contributed by atoms with Crippen LogP contribution in [-0.2, 0) is 4.79 Å². The molecule has 0 radical (unpaired) electrons. The number of allylic oxidation sites excluding steroid dienone is 4. The van der Waals surface area contributed by atoms with E-state index in [0.717, 1.165) is 25.0 Å². The molecule has 0 aromatic heterocycles. The van der Waals surface area contributed by atoms with Crippen molar-refractivity contribution in [3.8, 4) is 0 Å². The highest BCUT2D eigenvalue weighted by molar-refractivity contribution is 6.05. The Balaban J connectivity index is 1.74. The molecule has 0 unspecified atom stereocenters. The number of carbonyl (C=O) groups is 1. The largest absolute Gasteiger partial charge is 0.393 e. The third kappa shape index (κ3) is 2.34. The topological polar surface area (TPSA) is 90.1 Å². The number of aliphatic hydroxyl groups is 3. The highest BCUT2D eigenvalue weighted by atomic mass is 16.3. The van der Waals surface area contributed by atoms with E-state index in [0.29, 0.717) is 12.8 Å². The molecule has 0 aliphatic heterocycles. The lowest BCUT2D eigenvalue weighted by molar-refractivity contribution is -0.178. The van der Waals surface area contributed by atoms with E-state index >= 15 is 0 Å². The second kappa shape index (κ2) is 6.10. The second-order valence-corrected chi connectivity index (χ2v) is 9.44. The minimum Gasteiger partial charge on any atom is -0.393 e. The fourth-order valence-electron chi connectivity index (χ4n) is 7.07. The van der Waals surface area contributed by atoms with E-state index in [2.05, 4.69) is 24.1 Å². The highest BCUT2D eigenvalue weighted by Gasteiger charge is 2.67. The van der Waals surface area contributed by atoms with Crippen molar-refractivity contribution in [3.63, 3.8) is 0 Å². The van der Waals surface area contributed by atoms with E-state index in [1.165, 1.54) is 5.57 Å². The SMILES string of the molecule is CN=C1C=C[C@@]2(C)C(=C1)CC[C@@H]1[C@@H]2[C@@H](O)C[C@@]2(C)[C@H]1CC[C@]2(O)C(=O)CO. The third-order valence-electron chi connectivity index (χ3n) is 8.52. The van der Waals surface area contributed by atoms with Gasteiger partial charge in [-0.15, -0.1) is 0 Å². The van der Waals surface area contributed by atoms with Crippen LogP contribution in [0.25, 0.3) is 0 Å². The van der Waals surface area contributed by atoms with Gasteiger partial charge < -0.3 is 15.3 Å². The van der Waals surface area contributed by atoms with Gasteiger partial charge in [0, 0.05) is 23.8 Å². The molecule has 0 spiro atoms. The molecule has 4 aliphatic rings. The summed E-state index contributed by atoms with van der Waals surface area (Å²) in [5, 5.41) is 31.9. The third-order valence-corrected chi connectivity index (χ3v) is 8.52. The Morgan fingerprint density at radius 1 is 1.33 bits per heavy atom. The van der Waals surface area contributed by atoms with Crippen molar-refractivity contribution in [2.45, 2.75) is 57.7 Å². The highest BCUT2D eigenvalue weighted by Crippen LogP contribution is 2.67. The molecule has 4 rings (SSSR count). The van der Waals surface area contributed by atoms with Gasteiger partial charge in [0.1, 0.15) is 12.2 Å². The van der Waals surface area contributed by atoms with Gasteiger partial charge in [0.25, 0.3) is 0 Å². The number of aliphatic hydroxyl groups excluding tert-OH is 2. The van der Waals surface area contributed by atoms with Crippen molar-refractivity contribution in [2.24, 2.45) is 33.6 Å². The molecule has 7 atom stereocenters. The maximum atomic E-state index is 12.4. The van der Waals surface area contributed by atoms with Gasteiger partial charge in [0.15, 0.2) is 5.78 Å². The number of rotatable bonds is 2. The average Bonchev–Trinajstić information content (AvgIpc) is 2.91. The Bertz CT molecular complexity index is 755. The first-order valence-electron chi connectivity index (χ1n) is 10.1. The Morgan fingerprint density at radius 2 is 2.07 bits per heavy atom. The second-order valence-electron chi connectivity index (χ2n) is 9.44. The van der Waals surface area contributed by atoms with Gasteiger partial charge in [-0.1, -0.05) is 25.5 Å². The molecule has 5 heteroatoms. The summed E-state index contributed by atoms with van der Waals surface area (Å²) < 4.78 is 0. The summed E-state index contributed by atoms with van der Waals surface area (Å²) in [7, 11) is 1.80. The van der Waals surface area contributed by atoms with Crippen molar-refractivity contribution in [1.29, 1.82) is 0 Å². The summed E-state index contributed by atoms with van der Waals surface area (Å²) in [6.45, 7) is 3.52. The molecule has 27 heavy (non-hydrogen) atoms. The zero-order valence-corrected chi connectivity index (χ0v) is 16.5. The normalized spacial score (nSPS) is 50.0. The van der Waals surface area contributed by atoms with Gasteiger partial charge in [-0.25, -0.2) is 0 Å². The predicted octanol–water partition coefficient (Wildman–Crippen LogP) is 2.06. The maximum Gasteiger partial charge on any atom is 0.190 e. The number of ketones is 1. The fraction of sp³-hybridized carbons (Fsp3) is 0.727. The van der Waals surface area contributed by atoms with Crippen LogP contribution in [0, 0.1) is 28.6 Å². The van der Waals surface area contributed by atoms with Crippen LogP contribution in [0.15, 0.2) is 28.8 Å². The molecule has 0 heterocycles. The van der Waals surface area contributed by atoms with Crippen LogP contribution in [0.3, 0.4) is 0 Å². The van der Waals surface area contributed by atoms with E-state index < -0.39 is 29.5 Å². The minimum absolute atomic E-state index is 0.0804. The Morgan fingerprint density at radius 3 is 2.74 bits per heavy atom. The van der Waals surface area contributed by atoms with Crippen LogP contribution in [0.5, 0.6) is 0 Å². The first-order valence-corrected chi connectivity index (χ1v) is 10.1. The molecule has 148 valence electrons. The molecule has 0 bridgehead atoms. The van der Waals surface area contributed by atoms with Crippen LogP contribution in [0.1, 0.15) is 46.0 Å². The molecular weight excluding hydrogens is 342 g/mol. The van der Waals surface area contributed by atoms with Crippen molar-refractivity contribution in [1.82, 2.24) is 0 Å². The summed E-state index contributed by atoms with van der Waals surface area (Å²) in [6.07, 6.45) is 9.28. The van der Waals surface area contributed by atoms with E-state index in [1.54, 1.807) is 7.05 Å². The number of Topliss-reactive ketones (excluding diaryl/α,β-unsaturated/α-hetero) is 1. The van der Waals surface area contributed by atoms with E-state index in [1.807, 2.05) is 13.0 Å². The monoisotopic (exact) mass is 373 g/mol. The van der Waals surface area contributed by atoms with E-state index in [4.69, 9.17) is 0 Å². The average molecular weight is 373 g/mol. The van der Waals surface area contributed by atoms with E-state index in [9.17, 15) is 20.1 Å². The maximum absolute atomic E-state index is 12.4. The van der Waals surface area contributed by atoms with Crippen molar-refractivity contribution in [3.05, 3.63) is 23.8 Å². The number of fused-ring (bicyclic) bond motifs is 5. The summed E-state index contributed by atoms with van der Waals surface area (Å²) in [5.41, 5.74) is -0.118. The number of carbonyl (C=O) groups excluding carboxylic acids is 1. The number of nitrogens with zero attached hydrogens (tertiary/aromatic N) is 1. The van der Waals surface area contributed by atoms with Crippen molar-refractivity contribution >= 4 is 11.5 Å². The molecule has 0 saturated heterocycles. The summed E-state index contributed by atoms with van der Waals surface area (Å²) >= 11 is 0. The lowest BCUT2D eigenvalue weighted by Crippen LogP contribution is -2.61. The van der Waals surface area contributed by atoms with Gasteiger partial charge in [-0.2, -0.15) is 0 Å². The molecule has 5 nitrogen and oxygen atoms in total. The standard InChI is InChI=1S/C22H31NO4/c1-20-8-6-14(23-3)10-13(20)4-5-15-16-7-9-22(27,18(26)12-24)21(16,2)11-17(25)19(15)20/h6,8,10,15-17,19,24-25,27H,4-5,7,9,11-12H2,1-3H3/t15-,16-,17-,19+,20-,21-,22-/m0/s1. The zero-order valence-electron chi connectivity index (χ0n) is 16.5. The number of hydrogen-bond donors (Lipinski definition) is 3. The van der Waals surface area contributed by atoms with Gasteiger partial charge in [0.05, 0.1) is 11.8 Å². The van der Waals surface area contributed by atoms with Crippen LogP contribution in [0.4, 0.5) is 0 Å². The first-order chi connectivity index (χ1) is 12.7. The predicted molar refractivity (Wildman–Crippen MR) is 103 cm³/mol. The van der Waals surface area contributed by atoms with Crippen molar-refractivity contribution in [2.75, 3.05) is 13.7 Å². The van der Waals surface area contributed by atoms with Crippen LogP contribution < -0.4 is 0 Å². The lowest BCUT2D eigenvalue weighted by atomic mass is 9.46. The van der Waals surface area contributed by atoms with Crippen LogP contribution in [-0.4, -0.2) is 52.2 Å². The Hall–Kier alpha value is -1.30. The van der Waals surface area contributed by atoms with Gasteiger partial charge in [-0.05, 0) is 56.1 Å². The molecule has 0 amide bonds. The molecule has 4 aliphatic carbocycles. The summed E-state index contributed by atoms with van der Waals surface area (Å²) in [5.74, 6) is 0.0181. The Kier molecular flexibility index (Phi) is 4.30. The molecule has 3 N–H and O–H groups in total. The summed E-state index contributed by atoms with van der Waals surface area (Å²) in [6, 6.07) is 0. The van der Waals surface area contributed by atoms with E-state index in [-0.39, 0.29) is 23.2 Å². The zero-order chi connectivity index (χ0) is 19.6. The fourth-order valence-corrected chi connectivity index (χ4v) is 7.07. The molecule has 0 aromatic carbocycles. The van der Waals surface area contributed by atoms with Crippen molar-refractivity contribution < 1.29 is 20.1 Å². The Labute approximate surface area is 160 Å². The minimum atomic E-state index is -1.53. The summed E-state index contributed by atoms with van der Waals surface area (Å²) in [4.78, 5) is 16.7. The number of aliphatic imine (C=N–C) groups is 1. The molecule has 3 saturated carbocycles. The quantitative estimate of drug-likeness (QED) is 0.691. The number of hydrogen-bond acceptors (Lipinski definition) is 5. The van der Waals surface area contributed by atoms with Crippen LogP contribution >= 0.6 is 0 Å². The molecule has 3 fully saturated rings. The molecule has 0 aromatic rings. The van der Waals surface area contributed by atoms with Crippen LogP contribution in [0.2, 0.25) is 0 Å². The lowest BCUT2D eigenvalue weighted by Gasteiger charge is -2.59.